The summed E-state index contributed by atoms with van der Waals surface area (Å²) in [4.78, 5) is 5.49. The molecule has 0 fully saturated rings. The Balaban J connectivity index is 2.00. The second kappa shape index (κ2) is 6.26. The Morgan fingerprint density at radius 1 is 1.21 bits per heavy atom. The number of imidazole rings is 1. The molecule has 0 saturated heterocycles. The highest BCUT2D eigenvalue weighted by molar-refractivity contribution is 7.98. The molecule has 0 bridgehead atoms. The van der Waals surface area contributed by atoms with Crippen LogP contribution in [-0.4, -0.2) is 9.55 Å². The van der Waals surface area contributed by atoms with Crippen LogP contribution in [0.2, 0.25) is 0 Å². The van der Waals surface area contributed by atoms with Crippen LogP contribution in [0.3, 0.4) is 0 Å². The van der Waals surface area contributed by atoms with Gasteiger partial charge in [0.15, 0.2) is 0 Å². The van der Waals surface area contributed by atoms with Gasteiger partial charge in [-0.05, 0) is 38.5 Å². The van der Waals surface area contributed by atoms with Crippen molar-refractivity contribution in [2.75, 3.05) is 0 Å². The van der Waals surface area contributed by atoms with Crippen LogP contribution in [0.15, 0.2) is 41.7 Å². The fourth-order valence-corrected chi connectivity index (χ4v) is 2.80. The second-order valence-electron chi connectivity index (χ2n) is 5.03. The maximum Gasteiger partial charge on any atom is 0.0950 e. The summed E-state index contributed by atoms with van der Waals surface area (Å²) < 4.78 is 2.21. The molecule has 0 radical (unpaired) electrons. The Bertz CT molecular complexity index is 514. The number of hydrogen-bond acceptors (Lipinski definition) is 3. The van der Waals surface area contributed by atoms with Crippen molar-refractivity contribution in [3.05, 3.63) is 48.0 Å². The maximum absolute atomic E-state index is 5.85. The zero-order valence-corrected chi connectivity index (χ0v) is 12.5. The minimum atomic E-state index is 0.0985. The second-order valence-corrected chi connectivity index (χ2v) is 6.08. The Morgan fingerprint density at radius 3 is 2.47 bits per heavy atom. The fourth-order valence-electron chi connectivity index (χ4n) is 1.93. The van der Waals surface area contributed by atoms with E-state index < -0.39 is 0 Å². The van der Waals surface area contributed by atoms with Crippen LogP contribution >= 0.6 is 11.8 Å². The minimum absolute atomic E-state index is 0.0985. The summed E-state index contributed by atoms with van der Waals surface area (Å²) >= 11 is 1.83. The van der Waals surface area contributed by atoms with Crippen molar-refractivity contribution in [1.29, 1.82) is 0 Å². The van der Waals surface area contributed by atoms with Crippen LogP contribution < -0.4 is 5.73 Å². The van der Waals surface area contributed by atoms with E-state index in [1.165, 1.54) is 16.2 Å². The van der Waals surface area contributed by atoms with E-state index in [0.29, 0.717) is 6.04 Å². The highest BCUT2D eigenvalue weighted by atomic mass is 32.2. The summed E-state index contributed by atoms with van der Waals surface area (Å²) in [5, 5.41) is 0. The van der Waals surface area contributed by atoms with Crippen molar-refractivity contribution in [2.45, 2.75) is 43.5 Å². The van der Waals surface area contributed by atoms with Gasteiger partial charge in [0.2, 0.25) is 0 Å². The third-order valence-corrected chi connectivity index (χ3v) is 4.14. The van der Waals surface area contributed by atoms with Crippen molar-refractivity contribution in [3.63, 3.8) is 0 Å². The van der Waals surface area contributed by atoms with Gasteiger partial charge in [-0.15, -0.1) is 11.8 Å². The summed E-state index contributed by atoms with van der Waals surface area (Å²) in [6, 6.07) is 9.04. The van der Waals surface area contributed by atoms with Crippen LogP contribution in [0.5, 0.6) is 0 Å². The van der Waals surface area contributed by atoms with Gasteiger partial charge in [0, 0.05) is 34.6 Å². The molecule has 3 nitrogen and oxygen atoms in total. The lowest BCUT2D eigenvalue weighted by Crippen LogP contribution is -2.04. The zero-order valence-electron chi connectivity index (χ0n) is 11.7. The van der Waals surface area contributed by atoms with Gasteiger partial charge in [-0.1, -0.05) is 12.1 Å². The van der Waals surface area contributed by atoms with Crippen LogP contribution in [0.4, 0.5) is 0 Å². The van der Waals surface area contributed by atoms with Crippen molar-refractivity contribution in [2.24, 2.45) is 5.73 Å². The molecule has 1 unspecified atom stereocenters. The molecule has 1 heterocycles. The summed E-state index contributed by atoms with van der Waals surface area (Å²) in [5.74, 6) is 0.940. The maximum atomic E-state index is 5.85. The third kappa shape index (κ3) is 3.61. The molecule has 102 valence electrons. The molecule has 0 saturated carbocycles. The molecule has 4 heteroatoms. The first-order valence-electron chi connectivity index (χ1n) is 6.57. The van der Waals surface area contributed by atoms with E-state index in [2.05, 4.69) is 47.7 Å². The Morgan fingerprint density at radius 2 is 1.89 bits per heavy atom. The Hall–Kier alpha value is -1.26. The van der Waals surface area contributed by atoms with Crippen LogP contribution in [0.25, 0.3) is 0 Å². The summed E-state index contributed by atoms with van der Waals surface area (Å²) in [5.41, 5.74) is 8.29. The molecule has 0 spiro atoms. The molecule has 0 aliphatic rings. The van der Waals surface area contributed by atoms with Gasteiger partial charge in [-0.2, -0.15) is 0 Å². The number of rotatable bonds is 5. The van der Waals surface area contributed by atoms with E-state index in [4.69, 9.17) is 5.73 Å². The van der Waals surface area contributed by atoms with E-state index >= 15 is 0 Å². The van der Waals surface area contributed by atoms with Gasteiger partial charge >= 0.3 is 0 Å². The highest BCUT2D eigenvalue weighted by Gasteiger charge is 2.06. The van der Waals surface area contributed by atoms with E-state index in [-0.39, 0.29) is 6.04 Å². The molecule has 1 atom stereocenters. The molecule has 19 heavy (non-hydrogen) atoms. The number of benzene rings is 1. The molecule has 2 aromatic rings. The fraction of sp³-hybridized carbons (Fsp3) is 0.400. The first-order valence-corrected chi connectivity index (χ1v) is 7.55. The van der Waals surface area contributed by atoms with E-state index in [1.807, 2.05) is 31.2 Å². The average molecular weight is 275 g/mol. The smallest absolute Gasteiger partial charge is 0.0950 e. The van der Waals surface area contributed by atoms with Crippen molar-refractivity contribution in [1.82, 2.24) is 9.55 Å². The number of nitrogens with two attached hydrogens (primary N) is 1. The number of aromatic nitrogens is 2. The monoisotopic (exact) mass is 275 g/mol. The van der Waals surface area contributed by atoms with E-state index in [1.54, 1.807) is 0 Å². The average Bonchev–Trinajstić information content (AvgIpc) is 2.85. The molecular weight excluding hydrogens is 254 g/mol. The van der Waals surface area contributed by atoms with Gasteiger partial charge in [0.1, 0.15) is 0 Å². The van der Waals surface area contributed by atoms with Gasteiger partial charge in [0.05, 0.1) is 6.33 Å². The molecule has 2 N–H and O–H groups in total. The quantitative estimate of drug-likeness (QED) is 0.845. The predicted molar refractivity (Wildman–Crippen MR) is 81.2 cm³/mol. The standard InChI is InChI=1S/C15H21N3S/c1-11(2)18-10-17-8-14(18)9-19-15-6-4-13(5-7-15)12(3)16/h4-8,10-12H,9,16H2,1-3H3. The highest BCUT2D eigenvalue weighted by Crippen LogP contribution is 2.25. The number of nitrogens with zero attached hydrogens (tertiary/aromatic N) is 2. The van der Waals surface area contributed by atoms with Gasteiger partial charge in [-0.3, -0.25) is 0 Å². The summed E-state index contributed by atoms with van der Waals surface area (Å²) in [6.07, 6.45) is 3.85. The normalized spacial score (nSPS) is 12.9. The Kier molecular flexibility index (Phi) is 4.66. The van der Waals surface area contributed by atoms with Gasteiger partial charge < -0.3 is 10.3 Å². The predicted octanol–water partition coefficient (Wildman–Crippen LogP) is 3.78. The van der Waals surface area contributed by atoms with E-state index in [9.17, 15) is 0 Å². The number of hydrogen-bond donors (Lipinski definition) is 1. The van der Waals surface area contributed by atoms with Crippen molar-refractivity contribution >= 4 is 11.8 Å². The SMILES string of the molecule is CC(N)c1ccc(SCc2cncn2C(C)C)cc1. The Labute approximate surface area is 119 Å². The topological polar surface area (TPSA) is 43.8 Å². The summed E-state index contributed by atoms with van der Waals surface area (Å²) in [7, 11) is 0. The van der Waals surface area contributed by atoms with Crippen LogP contribution in [-0.2, 0) is 5.75 Å². The van der Waals surface area contributed by atoms with E-state index in [0.717, 1.165) is 5.75 Å². The first kappa shape index (κ1) is 14.2. The molecule has 1 aromatic carbocycles. The molecule has 0 aliphatic carbocycles. The van der Waals surface area contributed by atoms with Crippen LogP contribution in [0, 0.1) is 0 Å². The zero-order chi connectivity index (χ0) is 13.8. The molecule has 2 rings (SSSR count). The van der Waals surface area contributed by atoms with Crippen molar-refractivity contribution < 1.29 is 0 Å². The molecular formula is C15H21N3S. The van der Waals surface area contributed by atoms with Gasteiger partial charge in [-0.25, -0.2) is 4.98 Å². The minimum Gasteiger partial charge on any atom is -0.331 e. The largest absolute Gasteiger partial charge is 0.331 e. The number of thioether (sulfide) groups is 1. The lowest BCUT2D eigenvalue weighted by molar-refractivity contribution is 0.584. The molecule has 0 aliphatic heterocycles. The lowest BCUT2D eigenvalue weighted by atomic mass is 10.1. The first-order chi connectivity index (χ1) is 9.08. The van der Waals surface area contributed by atoms with Crippen LogP contribution in [0.1, 0.15) is 44.1 Å². The summed E-state index contributed by atoms with van der Waals surface area (Å²) in [6.45, 7) is 6.35. The lowest BCUT2D eigenvalue weighted by Gasteiger charge is -2.11. The third-order valence-electron chi connectivity index (χ3n) is 3.10. The molecule has 0 amide bonds. The van der Waals surface area contributed by atoms with Gasteiger partial charge in [0.25, 0.3) is 0 Å². The molecule has 1 aromatic heterocycles. The van der Waals surface area contributed by atoms with Crippen molar-refractivity contribution in [3.8, 4) is 0 Å².